The average Bonchev–Trinajstić information content (AvgIpc) is 3.33. The number of aliphatic carboxylic acids is 1. The molecule has 1 saturated carbocycles. The number of carboxylic acid groups (broad SMARTS) is 1. The number of fused-ring (bicyclic) bond motifs is 1. The third-order valence-corrected chi connectivity index (χ3v) is 5.05. The molecule has 0 unspecified atom stereocenters. The van der Waals surface area contributed by atoms with Crippen molar-refractivity contribution in [3.63, 3.8) is 0 Å². The molecule has 4 rings (SSSR count). The molecule has 5 N–H and O–H groups in total. The maximum Gasteiger partial charge on any atom is 0.300 e. The lowest BCUT2D eigenvalue weighted by Crippen LogP contribution is -2.19. The SMILES string of the molecule is CC(=O)O.N.OCC[C@H]1CCC[C@H]1OCc1ccc(-c2nc3ccccc3o2)cc1. The Morgan fingerprint density at radius 2 is 1.87 bits per heavy atom. The first-order valence-corrected chi connectivity index (χ1v) is 9.93. The number of oxazole rings is 1. The Labute approximate surface area is 176 Å². The van der Waals surface area contributed by atoms with Crippen molar-refractivity contribution in [3.05, 3.63) is 54.1 Å². The second-order valence-corrected chi connectivity index (χ2v) is 7.26. The van der Waals surface area contributed by atoms with Crippen LogP contribution in [0.25, 0.3) is 22.6 Å². The Hall–Kier alpha value is -2.74. The summed E-state index contributed by atoms with van der Waals surface area (Å²) in [5.74, 6) is 0.316. The van der Waals surface area contributed by atoms with E-state index < -0.39 is 5.97 Å². The van der Waals surface area contributed by atoms with Gasteiger partial charge in [-0.05, 0) is 55.0 Å². The topological polar surface area (TPSA) is 128 Å². The van der Waals surface area contributed by atoms with Crippen LogP contribution in [-0.4, -0.2) is 33.9 Å². The quantitative estimate of drug-likeness (QED) is 0.528. The molecule has 2 atom stereocenters. The van der Waals surface area contributed by atoms with E-state index in [0.717, 1.165) is 42.0 Å². The zero-order chi connectivity index (χ0) is 20.6. The third-order valence-electron chi connectivity index (χ3n) is 5.05. The molecule has 0 saturated heterocycles. The van der Waals surface area contributed by atoms with Gasteiger partial charge in [0.05, 0.1) is 12.7 Å². The fraction of sp³-hybridized carbons (Fsp3) is 0.391. The highest BCUT2D eigenvalue weighted by atomic mass is 16.5. The summed E-state index contributed by atoms with van der Waals surface area (Å²) in [7, 11) is 0. The lowest BCUT2D eigenvalue weighted by atomic mass is 10.0. The Morgan fingerprint density at radius 1 is 1.17 bits per heavy atom. The highest BCUT2D eigenvalue weighted by Gasteiger charge is 2.27. The highest BCUT2D eigenvalue weighted by molar-refractivity contribution is 5.75. The second kappa shape index (κ2) is 11.4. The smallest absolute Gasteiger partial charge is 0.300 e. The molecule has 2 aromatic carbocycles. The molecule has 1 aliphatic carbocycles. The number of nitrogens with zero attached hydrogens (tertiary/aromatic N) is 1. The molecule has 0 bridgehead atoms. The number of hydrogen-bond donors (Lipinski definition) is 3. The zero-order valence-electron chi connectivity index (χ0n) is 17.3. The van der Waals surface area contributed by atoms with Crippen molar-refractivity contribution in [2.24, 2.45) is 5.92 Å². The van der Waals surface area contributed by atoms with E-state index in [4.69, 9.17) is 24.2 Å². The van der Waals surface area contributed by atoms with E-state index in [1.54, 1.807) is 0 Å². The van der Waals surface area contributed by atoms with Gasteiger partial charge in [-0.3, -0.25) is 4.79 Å². The van der Waals surface area contributed by atoms with Crippen molar-refractivity contribution >= 4 is 17.1 Å². The van der Waals surface area contributed by atoms with Crippen LogP contribution in [0.3, 0.4) is 0 Å². The molecule has 162 valence electrons. The first kappa shape index (κ1) is 23.5. The number of benzene rings is 2. The monoisotopic (exact) mass is 414 g/mol. The van der Waals surface area contributed by atoms with Crippen molar-refractivity contribution in [2.45, 2.75) is 45.3 Å². The van der Waals surface area contributed by atoms with Gasteiger partial charge in [0.25, 0.3) is 5.97 Å². The molecule has 1 fully saturated rings. The summed E-state index contributed by atoms with van der Waals surface area (Å²) in [6.07, 6.45) is 4.60. The van der Waals surface area contributed by atoms with Crippen LogP contribution in [0, 0.1) is 5.92 Å². The minimum atomic E-state index is -0.833. The van der Waals surface area contributed by atoms with Gasteiger partial charge in [0, 0.05) is 19.1 Å². The number of hydrogen-bond acceptors (Lipinski definition) is 6. The Kier molecular flexibility index (Phi) is 8.98. The van der Waals surface area contributed by atoms with E-state index in [-0.39, 0.29) is 18.9 Å². The van der Waals surface area contributed by atoms with Gasteiger partial charge >= 0.3 is 0 Å². The third kappa shape index (κ3) is 6.38. The van der Waals surface area contributed by atoms with E-state index in [1.807, 2.05) is 36.4 Å². The molecule has 1 heterocycles. The molecule has 3 aromatic rings. The number of carbonyl (C=O) groups is 1. The molecule has 1 aliphatic rings. The Balaban J connectivity index is 0.000000591. The van der Waals surface area contributed by atoms with Crippen LogP contribution >= 0.6 is 0 Å². The molecule has 30 heavy (non-hydrogen) atoms. The normalized spacial score (nSPS) is 17.8. The van der Waals surface area contributed by atoms with E-state index in [9.17, 15) is 0 Å². The van der Waals surface area contributed by atoms with E-state index >= 15 is 0 Å². The molecule has 0 radical (unpaired) electrons. The molecule has 7 heteroatoms. The van der Waals surface area contributed by atoms with Gasteiger partial charge in [-0.15, -0.1) is 0 Å². The number of carboxylic acids is 1. The van der Waals surface area contributed by atoms with Crippen LogP contribution in [0.4, 0.5) is 0 Å². The maximum atomic E-state index is 9.15. The fourth-order valence-electron chi connectivity index (χ4n) is 3.66. The van der Waals surface area contributed by atoms with Gasteiger partial charge in [0.1, 0.15) is 5.52 Å². The standard InChI is InChI=1S/C21H23NO3.C2H4O2.H3N/c23-13-12-16-4-3-7-19(16)24-14-15-8-10-17(11-9-15)21-22-18-5-1-2-6-20(18)25-21;1-2(3)4;/h1-2,5-6,8-11,16,19,23H,3-4,7,12-14H2;1H3,(H,3,4);1H3/t16-,19-;;/m1../s1. The summed E-state index contributed by atoms with van der Waals surface area (Å²) in [5.41, 5.74) is 3.80. The number of rotatable bonds is 6. The lowest BCUT2D eigenvalue weighted by Gasteiger charge is -2.19. The molecule has 0 aliphatic heterocycles. The molecular weight excluding hydrogens is 384 g/mol. The van der Waals surface area contributed by atoms with Crippen LogP contribution in [-0.2, 0) is 16.1 Å². The van der Waals surface area contributed by atoms with Crippen molar-refractivity contribution in [1.29, 1.82) is 0 Å². The first-order valence-electron chi connectivity index (χ1n) is 9.93. The van der Waals surface area contributed by atoms with Crippen molar-refractivity contribution < 1.29 is 24.2 Å². The largest absolute Gasteiger partial charge is 0.481 e. The molecule has 0 amide bonds. The molecule has 0 spiro atoms. The van der Waals surface area contributed by atoms with E-state index in [1.165, 1.54) is 12.8 Å². The number of para-hydroxylation sites is 2. The highest BCUT2D eigenvalue weighted by Crippen LogP contribution is 2.31. The number of aliphatic hydroxyl groups excluding tert-OH is 1. The van der Waals surface area contributed by atoms with Crippen molar-refractivity contribution in [2.75, 3.05) is 6.61 Å². The van der Waals surface area contributed by atoms with Crippen LogP contribution in [0.1, 0.15) is 38.2 Å². The van der Waals surface area contributed by atoms with E-state index in [2.05, 4.69) is 17.1 Å². The number of aromatic nitrogens is 1. The summed E-state index contributed by atoms with van der Waals surface area (Å²) < 4.78 is 11.9. The fourth-order valence-corrected chi connectivity index (χ4v) is 3.66. The summed E-state index contributed by atoms with van der Waals surface area (Å²) >= 11 is 0. The minimum Gasteiger partial charge on any atom is -0.481 e. The maximum absolute atomic E-state index is 9.15. The summed E-state index contributed by atoms with van der Waals surface area (Å²) in [6.45, 7) is 1.95. The second-order valence-electron chi connectivity index (χ2n) is 7.26. The van der Waals surface area contributed by atoms with Crippen LogP contribution < -0.4 is 6.15 Å². The summed E-state index contributed by atoms with van der Waals surface area (Å²) in [5, 5.41) is 16.6. The predicted molar refractivity (Wildman–Crippen MR) is 115 cm³/mol. The predicted octanol–water partition coefficient (Wildman–Crippen LogP) is 4.82. The number of ether oxygens (including phenoxy) is 1. The van der Waals surface area contributed by atoms with Gasteiger partial charge in [0.15, 0.2) is 5.58 Å². The summed E-state index contributed by atoms with van der Waals surface area (Å²) in [4.78, 5) is 13.5. The van der Waals surface area contributed by atoms with E-state index in [0.29, 0.717) is 18.4 Å². The average molecular weight is 415 g/mol. The van der Waals surface area contributed by atoms with Crippen molar-refractivity contribution in [3.8, 4) is 11.5 Å². The van der Waals surface area contributed by atoms with Gasteiger partial charge in [-0.25, -0.2) is 4.98 Å². The van der Waals surface area contributed by atoms with Crippen molar-refractivity contribution in [1.82, 2.24) is 11.1 Å². The molecule has 1 aromatic heterocycles. The molecule has 7 nitrogen and oxygen atoms in total. The van der Waals surface area contributed by atoms with Crippen LogP contribution in [0.15, 0.2) is 52.9 Å². The van der Waals surface area contributed by atoms with Gasteiger partial charge in [-0.2, -0.15) is 0 Å². The minimum absolute atomic E-state index is 0. The molecular formula is C23H30N2O5. The van der Waals surface area contributed by atoms with Gasteiger partial charge in [-0.1, -0.05) is 30.7 Å². The Morgan fingerprint density at radius 3 is 2.53 bits per heavy atom. The number of aliphatic hydroxyl groups is 1. The van der Waals surface area contributed by atoms with Gasteiger partial charge < -0.3 is 25.5 Å². The summed E-state index contributed by atoms with van der Waals surface area (Å²) in [6, 6.07) is 16.0. The first-order chi connectivity index (χ1) is 14.1. The zero-order valence-corrected chi connectivity index (χ0v) is 17.3. The van der Waals surface area contributed by atoms with Crippen LogP contribution in [0.2, 0.25) is 0 Å². The van der Waals surface area contributed by atoms with Gasteiger partial charge in [0.2, 0.25) is 5.89 Å². The van der Waals surface area contributed by atoms with Crippen LogP contribution in [0.5, 0.6) is 0 Å². The Bertz CT molecular complexity index is 886. The lowest BCUT2D eigenvalue weighted by molar-refractivity contribution is -0.134.